The minimum atomic E-state index is -1.02. The zero-order valence-electron chi connectivity index (χ0n) is 14.7. The number of nitrogens with one attached hydrogen (secondary N) is 1. The molecule has 27 heavy (non-hydrogen) atoms. The van der Waals surface area contributed by atoms with E-state index in [2.05, 4.69) is 10.3 Å². The summed E-state index contributed by atoms with van der Waals surface area (Å²) in [6.07, 6.45) is 4.08. The number of anilines is 1. The normalized spacial score (nSPS) is 14.0. The number of benzene rings is 1. The van der Waals surface area contributed by atoms with Gasteiger partial charge in [-0.1, -0.05) is 12.1 Å². The molecule has 8 heteroatoms. The molecule has 0 fully saturated rings. The first-order chi connectivity index (χ1) is 12.5. The molecule has 0 saturated heterocycles. The number of carboxylic acid groups (broad SMARTS) is 1. The number of amides is 1. The fraction of sp³-hybridized carbons (Fsp3) is 0.211. The van der Waals surface area contributed by atoms with Crippen LogP contribution in [0.5, 0.6) is 5.75 Å². The average molecular weight is 390 g/mol. The average Bonchev–Trinajstić information content (AvgIpc) is 2.77. The lowest BCUT2D eigenvalue weighted by Gasteiger charge is -2.19. The van der Waals surface area contributed by atoms with Crippen molar-refractivity contribution in [2.24, 2.45) is 0 Å². The fourth-order valence-corrected chi connectivity index (χ4v) is 2.79. The Bertz CT molecular complexity index is 853. The van der Waals surface area contributed by atoms with Crippen LogP contribution in [0.4, 0.5) is 5.82 Å². The van der Waals surface area contributed by atoms with Gasteiger partial charge >= 0.3 is 5.97 Å². The van der Waals surface area contributed by atoms with E-state index in [4.69, 9.17) is 9.84 Å². The van der Waals surface area contributed by atoms with Crippen molar-refractivity contribution >= 4 is 36.2 Å². The van der Waals surface area contributed by atoms with Gasteiger partial charge in [-0.3, -0.25) is 9.69 Å². The van der Waals surface area contributed by atoms with E-state index in [1.807, 2.05) is 35.2 Å². The Balaban J connectivity index is 0.00000261. The van der Waals surface area contributed by atoms with Gasteiger partial charge in [0.05, 0.1) is 13.7 Å². The van der Waals surface area contributed by atoms with Gasteiger partial charge in [0.25, 0.3) is 0 Å². The topological polar surface area (TPSA) is 91.8 Å². The Hall–Kier alpha value is -2.90. The molecule has 0 atom stereocenters. The molecule has 7 nitrogen and oxygen atoms in total. The Morgan fingerprint density at radius 3 is 2.74 bits per heavy atom. The summed E-state index contributed by atoms with van der Waals surface area (Å²) in [5.41, 5.74) is 2.58. The molecule has 0 radical (unpaired) electrons. The molecule has 0 saturated carbocycles. The molecule has 0 spiro atoms. The fourth-order valence-electron chi connectivity index (χ4n) is 2.79. The SMILES string of the molecule is COc1ccc(CN2CC(=O)Nc3ncc(C=CC(=O)O)cc3C2)cc1.Cl. The molecule has 142 valence electrons. The molecule has 3 rings (SSSR count). The third-order valence-electron chi connectivity index (χ3n) is 3.99. The summed E-state index contributed by atoms with van der Waals surface area (Å²) in [5, 5.41) is 11.6. The lowest BCUT2D eigenvalue weighted by atomic mass is 10.1. The van der Waals surface area contributed by atoms with E-state index in [-0.39, 0.29) is 24.9 Å². The summed E-state index contributed by atoms with van der Waals surface area (Å²) in [6, 6.07) is 9.54. The lowest BCUT2D eigenvalue weighted by Crippen LogP contribution is -2.29. The second kappa shape index (κ2) is 9.16. The Morgan fingerprint density at radius 2 is 2.07 bits per heavy atom. The van der Waals surface area contributed by atoms with Crippen LogP contribution in [0.25, 0.3) is 6.08 Å². The first-order valence-electron chi connectivity index (χ1n) is 8.08. The number of aliphatic carboxylic acids is 1. The third-order valence-corrected chi connectivity index (χ3v) is 3.99. The minimum absolute atomic E-state index is 0. The van der Waals surface area contributed by atoms with Gasteiger partial charge in [-0.2, -0.15) is 0 Å². The third kappa shape index (κ3) is 5.54. The number of carbonyl (C=O) groups is 2. The second-order valence-corrected chi connectivity index (χ2v) is 5.99. The number of carboxylic acids is 1. The number of methoxy groups -OCH3 is 1. The summed E-state index contributed by atoms with van der Waals surface area (Å²) in [4.78, 5) is 29.1. The van der Waals surface area contributed by atoms with Crippen molar-refractivity contribution in [3.63, 3.8) is 0 Å². The lowest BCUT2D eigenvalue weighted by molar-refractivity contribution is -0.131. The highest BCUT2D eigenvalue weighted by atomic mass is 35.5. The van der Waals surface area contributed by atoms with Crippen molar-refractivity contribution < 1.29 is 19.4 Å². The van der Waals surface area contributed by atoms with Crippen molar-refractivity contribution in [3.8, 4) is 5.75 Å². The number of hydrogen-bond acceptors (Lipinski definition) is 5. The van der Waals surface area contributed by atoms with E-state index in [9.17, 15) is 9.59 Å². The second-order valence-electron chi connectivity index (χ2n) is 5.99. The number of pyridine rings is 1. The molecular weight excluding hydrogens is 370 g/mol. The zero-order chi connectivity index (χ0) is 18.5. The van der Waals surface area contributed by atoms with Crippen LogP contribution in [0.2, 0.25) is 0 Å². The van der Waals surface area contributed by atoms with Crippen LogP contribution in [-0.2, 0) is 22.7 Å². The molecule has 1 aliphatic heterocycles. The van der Waals surface area contributed by atoms with Crippen molar-refractivity contribution in [3.05, 3.63) is 59.3 Å². The van der Waals surface area contributed by atoms with E-state index < -0.39 is 5.97 Å². The Labute approximate surface area is 163 Å². The Kier molecular flexibility index (Phi) is 6.92. The van der Waals surface area contributed by atoms with E-state index >= 15 is 0 Å². The van der Waals surface area contributed by atoms with E-state index in [1.165, 1.54) is 12.3 Å². The number of nitrogens with zero attached hydrogens (tertiary/aromatic N) is 2. The largest absolute Gasteiger partial charge is 0.497 e. The monoisotopic (exact) mass is 389 g/mol. The van der Waals surface area contributed by atoms with Crippen LogP contribution in [0, 0.1) is 0 Å². The van der Waals surface area contributed by atoms with Gasteiger partial charge in [0.2, 0.25) is 5.91 Å². The number of halogens is 1. The van der Waals surface area contributed by atoms with Gasteiger partial charge in [-0.25, -0.2) is 9.78 Å². The van der Waals surface area contributed by atoms with Crippen molar-refractivity contribution in [2.45, 2.75) is 13.1 Å². The standard InChI is InChI=1S/C19H19N3O4.ClH/c1-26-16-5-2-13(3-6-16)10-22-11-15-8-14(4-7-18(24)25)9-20-19(15)21-17(23)12-22;/h2-9H,10-12H2,1H3,(H,24,25)(H,20,21,23);1H. The molecule has 0 unspecified atom stereocenters. The maximum Gasteiger partial charge on any atom is 0.328 e. The molecule has 2 N–H and O–H groups in total. The van der Waals surface area contributed by atoms with Gasteiger partial charge in [-0.15, -0.1) is 12.4 Å². The van der Waals surface area contributed by atoms with E-state index in [1.54, 1.807) is 7.11 Å². The quantitative estimate of drug-likeness (QED) is 0.763. The van der Waals surface area contributed by atoms with Crippen LogP contribution < -0.4 is 10.1 Å². The molecule has 1 aromatic heterocycles. The van der Waals surface area contributed by atoms with Crippen molar-refractivity contribution in [2.75, 3.05) is 19.0 Å². The number of carbonyl (C=O) groups excluding carboxylic acids is 1. The molecule has 1 aromatic carbocycles. The van der Waals surface area contributed by atoms with Crippen molar-refractivity contribution in [1.29, 1.82) is 0 Å². The number of ether oxygens (including phenoxy) is 1. The van der Waals surface area contributed by atoms with Gasteiger partial charge in [0, 0.05) is 30.9 Å². The van der Waals surface area contributed by atoms with Crippen LogP contribution in [-0.4, -0.2) is 40.5 Å². The molecule has 0 bridgehead atoms. The summed E-state index contributed by atoms with van der Waals surface area (Å²) in [6.45, 7) is 1.39. The van der Waals surface area contributed by atoms with Crippen LogP contribution in [0.1, 0.15) is 16.7 Å². The number of fused-ring (bicyclic) bond motifs is 1. The summed E-state index contributed by atoms with van der Waals surface area (Å²) in [5.74, 6) is 0.152. The molecule has 2 aromatic rings. The van der Waals surface area contributed by atoms with Gasteiger partial charge in [0.15, 0.2) is 0 Å². The van der Waals surface area contributed by atoms with Crippen LogP contribution >= 0.6 is 12.4 Å². The molecule has 0 aliphatic carbocycles. The summed E-state index contributed by atoms with van der Waals surface area (Å²) >= 11 is 0. The highest BCUT2D eigenvalue weighted by Crippen LogP contribution is 2.22. The minimum Gasteiger partial charge on any atom is -0.497 e. The summed E-state index contributed by atoms with van der Waals surface area (Å²) in [7, 11) is 1.62. The van der Waals surface area contributed by atoms with Crippen LogP contribution in [0.3, 0.4) is 0 Å². The smallest absolute Gasteiger partial charge is 0.328 e. The molecule has 1 amide bonds. The maximum absolute atomic E-state index is 12.1. The number of hydrogen-bond donors (Lipinski definition) is 2. The van der Waals surface area contributed by atoms with Gasteiger partial charge < -0.3 is 15.2 Å². The van der Waals surface area contributed by atoms with Crippen molar-refractivity contribution in [1.82, 2.24) is 9.88 Å². The summed E-state index contributed by atoms with van der Waals surface area (Å²) < 4.78 is 5.16. The van der Waals surface area contributed by atoms with E-state index in [0.29, 0.717) is 24.5 Å². The predicted octanol–water partition coefficient (Wildman–Crippen LogP) is 2.56. The van der Waals surface area contributed by atoms with Gasteiger partial charge in [-0.05, 0) is 35.4 Å². The van der Waals surface area contributed by atoms with E-state index in [0.717, 1.165) is 23.0 Å². The molecular formula is C19H20ClN3O4. The van der Waals surface area contributed by atoms with Crippen LogP contribution in [0.15, 0.2) is 42.6 Å². The maximum atomic E-state index is 12.1. The zero-order valence-corrected chi connectivity index (χ0v) is 15.5. The van der Waals surface area contributed by atoms with Gasteiger partial charge in [0.1, 0.15) is 11.6 Å². The first-order valence-corrected chi connectivity index (χ1v) is 8.08. The highest BCUT2D eigenvalue weighted by Gasteiger charge is 2.20. The predicted molar refractivity (Wildman–Crippen MR) is 104 cm³/mol. The molecule has 1 aliphatic rings. The number of aromatic nitrogens is 1. The molecule has 2 heterocycles. The first kappa shape index (κ1) is 20.4. The number of rotatable bonds is 5. The highest BCUT2D eigenvalue weighted by molar-refractivity contribution is 5.93. The Morgan fingerprint density at radius 1 is 1.33 bits per heavy atom.